The first-order chi connectivity index (χ1) is 11.3. The number of phenolic OH excluding ortho intramolecular Hbond substituents is 2. The topological polar surface area (TPSA) is 131 Å². The lowest BCUT2D eigenvalue weighted by atomic mass is 10.2. The number of hydrogen-bond donors (Lipinski definition) is 5. The third-order valence-corrected chi connectivity index (χ3v) is 3.80. The lowest BCUT2D eigenvalue weighted by molar-refractivity contribution is 0.298. The van der Waals surface area contributed by atoms with E-state index in [0.717, 1.165) is 0 Å². The largest absolute Gasteiger partial charge is 0.506 e. The van der Waals surface area contributed by atoms with Crippen molar-refractivity contribution in [2.45, 2.75) is 13.3 Å². The van der Waals surface area contributed by atoms with Gasteiger partial charge in [-0.1, -0.05) is 23.2 Å². The van der Waals surface area contributed by atoms with Gasteiger partial charge in [-0.3, -0.25) is 9.78 Å². The fraction of sp³-hybridized carbons (Fsp3) is 0.214. The maximum atomic E-state index is 11.9. The molecule has 128 valence electrons. The van der Waals surface area contributed by atoms with Crippen LogP contribution in [-0.2, 0) is 6.42 Å². The third kappa shape index (κ3) is 3.78. The molecule has 1 aromatic carbocycles. The van der Waals surface area contributed by atoms with Crippen LogP contribution in [-0.4, -0.2) is 38.1 Å². The van der Waals surface area contributed by atoms with Crippen LogP contribution in [0.5, 0.6) is 11.5 Å². The highest BCUT2D eigenvalue weighted by Gasteiger charge is 2.13. The molecule has 1 aromatic heterocycles. The molecule has 0 radical (unpaired) electrons. The van der Waals surface area contributed by atoms with Gasteiger partial charge in [0.2, 0.25) is 5.95 Å². The van der Waals surface area contributed by atoms with Gasteiger partial charge in [0.1, 0.15) is 10.8 Å². The van der Waals surface area contributed by atoms with Crippen LogP contribution in [0.1, 0.15) is 16.8 Å². The highest BCUT2D eigenvalue weighted by atomic mass is 35.5. The monoisotopic (exact) mass is 372 g/mol. The van der Waals surface area contributed by atoms with Crippen molar-refractivity contribution in [1.82, 2.24) is 9.97 Å². The summed E-state index contributed by atoms with van der Waals surface area (Å²) in [6.07, 6.45) is 1.40. The number of hydrogen-bond acceptors (Lipinski definition) is 7. The van der Waals surface area contributed by atoms with Gasteiger partial charge in [0.05, 0.1) is 16.9 Å². The van der Waals surface area contributed by atoms with E-state index in [9.17, 15) is 15.0 Å². The molecule has 0 unspecified atom stereocenters. The van der Waals surface area contributed by atoms with Crippen LogP contribution in [0, 0.1) is 6.92 Å². The molecule has 0 saturated carbocycles. The van der Waals surface area contributed by atoms with Gasteiger partial charge in [0.15, 0.2) is 5.75 Å². The van der Waals surface area contributed by atoms with Crippen LogP contribution in [0.15, 0.2) is 16.0 Å². The summed E-state index contributed by atoms with van der Waals surface area (Å²) in [5.74, 6) is -0.729. The molecule has 0 bridgehead atoms. The number of aliphatic hydroxyl groups excluding tert-OH is 1. The van der Waals surface area contributed by atoms with E-state index in [1.807, 2.05) is 0 Å². The van der Waals surface area contributed by atoms with Crippen molar-refractivity contribution in [1.29, 1.82) is 0 Å². The van der Waals surface area contributed by atoms with Crippen LogP contribution in [0.25, 0.3) is 0 Å². The van der Waals surface area contributed by atoms with Crippen LogP contribution in [0.2, 0.25) is 10.0 Å². The molecule has 0 aliphatic carbocycles. The standard InChI is InChI=1S/C14H14Cl2N4O4/c1-6-8(2-3-21)13(24)19-14(18-6)20-17-5-7-4-9(15)12(23)10(16)11(7)22/h4-5,21-23H,2-3H2,1H3,(H2,18,19,20,24)/b17-5-. The zero-order valence-electron chi connectivity index (χ0n) is 12.5. The molecule has 10 heteroatoms. The zero-order valence-corrected chi connectivity index (χ0v) is 14.0. The Labute approximate surface area is 146 Å². The Kier molecular flexibility index (Phi) is 5.66. The minimum atomic E-state index is -0.429. The predicted molar refractivity (Wildman–Crippen MR) is 91.4 cm³/mol. The normalized spacial score (nSPS) is 11.2. The second-order valence-corrected chi connectivity index (χ2v) is 5.57. The Morgan fingerprint density at radius 1 is 1.38 bits per heavy atom. The van der Waals surface area contributed by atoms with E-state index in [1.165, 1.54) is 12.3 Å². The van der Waals surface area contributed by atoms with Gasteiger partial charge >= 0.3 is 0 Å². The summed E-state index contributed by atoms with van der Waals surface area (Å²) in [6.45, 7) is 1.48. The molecule has 5 N–H and O–H groups in total. The number of H-pyrrole nitrogens is 1. The van der Waals surface area contributed by atoms with Gasteiger partial charge in [-0.15, -0.1) is 0 Å². The van der Waals surface area contributed by atoms with Gasteiger partial charge < -0.3 is 15.3 Å². The van der Waals surface area contributed by atoms with Crippen LogP contribution >= 0.6 is 23.2 Å². The number of hydrazone groups is 1. The average Bonchev–Trinajstić information content (AvgIpc) is 2.53. The highest BCUT2D eigenvalue weighted by Crippen LogP contribution is 2.40. The Morgan fingerprint density at radius 2 is 2.08 bits per heavy atom. The van der Waals surface area contributed by atoms with Crippen molar-refractivity contribution in [3.63, 3.8) is 0 Å². The van der Waals surface area contributed by atoms with Gasteiger partial charge in [0.25, 0.3) is 5.56 Å². The summed E-state index contributed by atoms with van der Waals surface area (Å²) in [7, 11) is 0. The summed E-state index contributed by atoms with van der Waals surface area (Å²) in [5.41, 5.74) is 3.13. The summed E-state index contributed by atoms with van der Waals surface area (Å²) in [5, 5.41) is 31.7. The zero-order chi connectivity index (χ0) is 17.9. The van der Waals surface area contributed by atoms with E-state index in [0.29, 0.717) is 11.3 Å². The molecule has 0 spiro atoms. The van der Waals surface area contributed by atoms with Crippen molar-refractivity contribution in [3.05, 3.63) is 43.3 Å². The Bertz CT molecular complexity index is 852. The minimum Gasteiger partial charge on any atom is -0.506 e. The molecule has 0 fully saturated rings. The number of nitrogens with one attached hydrogen (secondary N) is 2. The predicted octanol–water partition coefficient (Wildman–Crippen LogP) is 1.78. The fourth-order valence-electron chi connectivity index (χ4n) is 1.95. The third-order valence-electron chi connectivity index (χ3n) is 3.16. The van der Waals surface area contributed by atoms with Crippen molar-refractivity contribution >= 4 is 35.4 Å². The Morgan fingerprint density at radius 3 is 2.71 bits per heavy atom. The molecule has 8 nitrogen and oxygen atoms in total. The smallest absolute Gasteiger partial charge is 0.255 e. The van der Waals surface area contributed by atoms with Crippen molar-refractivity contribution in [3.8, 4) is 11.5 Å². The van der Waals surface area contributed by atoms with E-state index in [2.05, 4.69) is 20.5 Å². The van der Waals surface area contributed by atoms with Crippen molar-refractivity contribution in [2.75, 3.05) is 12.0 Å². The van der Waals surface area contributed by atoms with Crippen molar-refractivity contribution in [2.24, 2.45) is 5.10 Å². The summed E-state index contributed by atoms with van der Waals surface area (Å²) in [6, 6.07) is 1.27. The molecule has 0 amide bonds. The number of nitrogens with zero attached hydrogens (tertiary/aromatic N) is 2. The Balaban J connectivity index is 2.23. The molecule has 0 saturated heterocycles. The first-order valence-electron chi connectivity index (χ1n) is 6.74. The number of aromatic amines is 1. The van der Waals surface area contributed by atoms with E-state index >= 15 is 0 Å². The first kappa shape index (κ1) is 18.1. The summed E-state index contributed by atoms with van der Waals surface area (Å²) in [4.78, 5) is 18.4. The van der Waals surface area contributed by atoms with E-state index in [-0.39, 0.29) is 45.9 Å². The number of aliphatic hydroxyl groups is 1. The molecular weight excluding hydrogens is 359 g/mol. The molecule has 1 heterocycles. The molecule has 24 heavy (non-hydrogen) atoms. The average molecular weight is 373 g/mol. The lowest BCUT2D eigenvalue weighted by Gasteiger charge is -2.07. The number of aryl methyl sites for hydroxylation is 1. The number of halogens is 2. The fourth-order valence-corrected chi connectivity index (χ4v) is 2.42. The Hall–Kier alpha value is -2.29. The summed E-state index contributed by atoms with van der Waals surface area (Å²) < 4.78 is 0. The lowest BCUT2D eigenvalue weighted by Crippen LogP contribution is -2.19. The van der Waals surface area contributed by atoms with Crippen LogP contribution in [0.4, 0.5) is 5.95 Å². The second kappa shape index (κ2) is 7.52. The molecule has 0 atom stereocenters. The van der Waals surface area contributed by atoms with Crippen LogP contribution < -0.4 is 11.0 Å². The highest BCUT2D eigenvalue weighted by molar-refractivity contribution is 6.38. The van der Waals surface area contributed by atoms with E-state index < -0.39 is 5.75 Å². The molecule has 2 aromatic rings. The maximum absolute atomic E-state index is 11.9. The number of phenols is 2. The molecule has 0 aliphatic heterocycles. The molecule has 2 rings (SSSR count). The number of benzene rings is 1. The van der Waals surface area contributed by atoms with E-state index in [1.54, 1.807) is 6.92 Å². The van der Waals surface area contributed by atoms with Gasteiger partial charge in [0, 0.05) is 24.2 Å². The number of rotatable bonds is 5. The number of aromatic hydroxyl groups is 2. The quantitative estimate of drug-likeness (QED) is 0.401. The van der Waals surface area contributed by atoms with E-state index in [4.69, 9.17) is 28.3 Å². The maximum Gasteiger partial charge on any atom is 0.255 e. The first-order valence-corrected chi connectivity index (χ1v) is 7.50. The van der Waals surface area contributed by atoms with Gasteiger partial charge in [-0.05, 0) is 13.0 Å². The van der Waals surface area contributed by atoms with Crippen molar-refractivity contribution < 1.29 is 15.3 Å². The molecule has 0 aliphatic rings. The van der Waals surface area contributed by atoms with Gasteiger partial charge in [-0.2, -0.15) is 5.10 Å². The number of aromatic nitrogens is 2. The minimum absolute atomic E-state index is 0.0463. The second-order valence-electron chi connectivity index (χ2n) is 4.78. The van der Waals surface area contributed by atoms with Crippen LogP contribution in [0.3, 0.4) is 0 Å². The number of anilines is 1. The molecular formula is C14H14Cl2N4O4. The summed E-state index contributed by atoms with van der Waals surface area (Å²) >= 11 is 11.5. The van der Waals surface area contributed by atoms with Gasteiger partial charge in [-0.25, -0.2) is 10.4 Å². The SMILES string of the molecule is Cc1nc(N/N=C\c2cc(Cl)c(O)c(Cl)c2O)[nH]c(=O)c1CCO.